The summed E-state index contributed by atoms with van der Waals surface area (Å²) in [5.74, 6) is 0. The highest BCUT2D eigenvalue weighted by Crippen LogP contribution is 2.23. The van der Waals surface area contributed by atoms with Crippen molar-refractivity contribution in [3.8, 4) is 11.3 Å². The number of likely N-dealkylation sites (N-methyl/N-ethyl adjacent to an activating group) is 1. The first kappa shape index (κ1) is 11.6. The maximum Gasteiger partial charge on any atom is 0.0951 e. The van der Waals surface area contributed by atoms with Crippen LogP contribution < -0.4 is 5.73 Å². The molecule has 0 fully saturated rings. The molecular formula is C12H17N5. The Bertz CT molecular complexity index is 489. The van der Waals surface area contributed by atoms with Gasteiger partial charge in [0.2, 0.25) is 0 Å². The lowest BCUT2D eigenvalue weighted by Gasteiger charge is -2.13. The molecule has 5 nitrogen and oxygen atoms in total. The van der Waals surface area contributed by atoms with Crippen LogP contribution in [0.1, 0.15) is 0 Å². The van der Waals surface area contributed by atoms with Gasteiger partial charge in [-0.05, 0) is 20.2 Å². The first-order chi connectivity index (χ1) is 8.18. The Kier molecular flexibility index (Phi) is 3.39. The second-order valence-corrected chi connectivity index (χ2v) is 4.24. The van der Waals surface area contributed by atoms with E-state index in [2.05, 4.69) is 33.5 Å². The molecular weight excluding hydrogens is 214 g/mol. The predicted molar refractivity (Wildman–Crippen MR) is 68.4 cm³/mol. The number of nitrogen functional groups attached to an aromatic ring is 1. The normalized spacial score (nSPS) is 11.0. The molecule has 2 aromatic rings. The molecule has 0 bridgehead atoms. The fourth-order valence-electron chi connectivity index (χ4n) is 1.65. The number of imidazole rings is 1. The van der Waals surface area contributed by atoms with Crippen LogP contribution >= 0.6 is 0 Å². The number of rotatable bonds is 4. The van der Waals surface area contributed by atoms with E-state index in [9.17, 15) is 0 Å². The summed E-state index contributed by atoms with van der Waals surface area (Å²) in [6, 6.07) is 1.80. The molecule has 0 amide bonds. The van der Waals surface area contributed by atoms with Crippen LogP contribution in [0.25, 0.3) is 11.3 Å². The third-order valence-corrected chi connectivity index (χ3v) is 2.63. The molecule has 0 aliphatic carbocycles. The molecule has 0 unspecified atom stereocenters. The van der Waals surface area contributed by atoms with Crippen LogP contribution in [0.5, 0.6) is 0 Å². The van der Waals surface area contributed by atoms with Gasteiger partial charge in [-0.2, -0.15) is 0 Å². The first-order valence-electron chi connectivity index (χ1n) is 5.53. The monoisotopic (exact) mass is 231 g/mol. The molecule has 2 aromatic heterocycles. The highest BCUT2D eigenvalue weighted by atomic mass is 15.1. The second-order valence-electron chi connectivity index (χ2n) is 4.24. The van der Waals surface area contributed by atoms with Crippen LogP contribution in [0, 0.1) is 0 Å². The number of nitrogens with zero attached hydrogens (tertiary/aromatic N) is 4. The number of pyridine rings is 1. The summed E-state index contributed by atoms with van der Waals surface area (Å²) < 4.78 is 2.09. The van der Waals surface area contributed by atoms with Gasteiger partial charge in [-0.15, -0.1) is 0 Å². The minimum absolute atomic E-state index is 0.728. The standard InChI is InChI=1S/C12H17N5/c1-16(2)5-6-17-9-15-8-12(17)10-7-14-4-3-11(10)13/h3-4,7-9H,5-6H2,1-2H3,(H2,13,14). The summed E-state index contributed by atoms with van der Waals surface area (Å²) in [5, 5.41) is 0. The van der Waals surface area contributed by atoms with Crippen LogP contribution in [0.15, 0.2) is 31.0 Å². The molecule has 0 saturated carbocycles. The zero-order chi connectivity index (χ0) is 12.3. The lowest BCUT2D eigenvalue weighted by molar-refractivity contribution is 0.385. The van der Waals surface area contributed by atoms with E-state index in [1.807, 2.05) is 12.5 Å². The maximum absolute atomic E-state index is 5.95. The van der Waals surface area contributed by atoms with Crippen molar-refractivity contribution in [1.82, 2.24) is 19.4 Å². The predicted octanol–water partition coefficient (Wildman–Crippen LogP) is 1.09. The Hall–Kier alpha value is -1.88. The third-order valence-electron chi connectivity index (χ3n) is 2.63. The zero-order valence-corrected chi connectivity index (χ0v) is 10.2. The molecule has 2 N–H and O–H groups in total. The van der Waals surface area contributed by atoms with Crippen LogP contribution in [0.3, 0.4) is 0 Å². The van der Waals surface area contributed by atoms with E-state index in [1.165, 1.54) is 0 Å². The van der Waals surface area contributed by atoms with E-state index in [0.717, 1.165) is 30.0 Å². The first-order valence-corrected chi connectivity index (χ1v) is 5.53. The van der Waals surface area contributed by atoms with Gasteiger partial charge in [0.1, 0.15) is 0 Å². The molecule has 0 radical (unpaired) electrons. The number of hydrogen-bond acceptors (Lipinski definition) is 4. The summed E-state index contributed by atoms with van der Waals surface area (Å²) in [5.41, 5.74) is 8.62. The van der Waals surface area contributed by atoms with Crippen molar-refractivity contribution >= 4 is 5.69 Å². The van der Waals surface area contributed by atoms with Gasteiger partial charge < -0.3 is 15.2 Å². The fraction of sp³-hybridized carbons (Fsp3) is 0.333. The Balaban J connectivity index is 2.28. The van der Waals surface area contributed by atoms with Gasteiger partial charge in [0.05, 0.1) is 18.2 Å². The number of nitrogens with two attached hydrogens (primary N) is 1. The maximum atomic E-state index is 5.95. The summed E-state index contributed by atoms with van der Waals surface area (Å²) in [7, 11) is 4.10. The zero-order valence-electron chi connectivity index (χ0n) is 10.2. The van der Waals surface area contributed by atoms with Gasteiger partial charge in [-0.3, -0.25) is 4.98 Å². The van der Waals surface area contributed by atoms with Crippen molar-refractivity contribution in [2.24, 2.45) is 0 Å². The average molecular weight is 231 g/mol. The van der Waals surface area contributed by atoms with Crippen LogP contribution in [0.2, 0.25) is 0 Å². The lowest BCUT2D eigenvalue weighted by atomic mass is 10.2. The third kappa shape index (κ3) is 2.62. The van der Waals surface area contributed by atoms with Crippen molar-refractivity contribution in [1.29, 1.82) is 0 Å². The summed E-state index contributed by atoms with van der Waals surface area (Å²) in [6.45, 7) is 1.85. The van der Waals surface area contributed by atoms with Crippen molar-refractivity contribution in [2.75, 3.05) is 26.4 Å². The van der Waals surface area contributed by atoms with Crippen LogP contribution in [0.4, 0.5) is 5.69 Å². The van der Waals surface area contributed by atoms with Crippen molar-refractivity contribution in [2.45, 2.75) is 6.54 Å². The van der Waals surface area contributed by atoms with Gasteiger partial charge in [-0.25, -0.2) is 4.98 Å². The van der Waals surface area contributed by atoms with Crippen molar-refractivity contribution < 1.29 is 0 Å². The molecule has 0 aliphatic heterocycles. The van der Waals surface area contributed by atoms with Crippen LogP contribution in [-0.2, 0) is 6.54 Å². The second kappa shape index (κ2) is 4.97. The number of anilines is 1. The van der Waals surface area contributed by atoms with E-state index in [-0.39, 0.29) is 0 Å². The van der Waals surface area contributed by atoms with Crippen LogP contribution in [-0.4, -0.2) is 40.1 Å². The molecule has 0 saturated heterocycles. The number of aromatic nitrogens is 3. The van der Waals surface area contributed by atoms with E-state index in [1.54, 1.807) is 18.5 Å². The minimum atomic E-state index is 0.728. The largest absolute Gasteiger partial charge is 0.398 e. The minimum Gasteiger partial charge on any atom is -0.398 e. The average Bonchev–Trinajstić information content (AvgIpc) is 2.75. The Morgan fingerprint density at radius 2 is 2.12 bits per heavy atom. The molecule has 0 spiro atoms. The molecule has 90 valence electrons. The van der Waals surface area contributed by atoms with Crippen molar-refractivity contribution in [3.05, 3.63) is 31.0 Å². The van der Waals surface area contributed by atoms with E-state index < -0.39 is 0 Å². The molecule has 2 rings (SSSR count). The quantitative estimate of drug-likeness (QED) is 0.855. The smallest absolute Gasteiger partial charge is 0.0951 e. The number of hydrogen-bond donors (Lipinski definition) is 1. The molecule has 5 heteroatoms. The highest BCUT2D eigenvalue weighted by molar-refractivity contribution is 5.72. The summed E-state index contributed by atoms with van der Waals surface area (Å²) in [6.07, 6.45) is 7.12. The van der Waals surface area contributed by atoms with Crippen molar-refractivity contribution in [3.63, 3.8) is 0 Å². The molecule has 2 heterocycles. The van der Waals surface area contributed by atoms with Gasteiger partial charge in [0.25, 0.3) is 0 Å². The Morgan fingerprint density at radius 3 is 2.82 bits per heavy atom. The Labute approximate surface area is 101 Å². The molecule has 0 aliphatic rings. The molecule has 0 atom stereocenters. The van der Waals surface area contributed by atoms with Gasteiger partial charge in [0.15, 0.2) is 0 Å². The van der Waals surface area contributed by atoms with E-state index >= 15 is 0 Å². The fourth-order valence-corrected chi connectivity index (χ4v) is 1.65. The summed E-state index contributed by atoms with van der Waals surface area (Å²) in [4.78, 5) is 10.4. The highest BCUT2D eigenvalue weighted by Gasteiger charge is 2.08. The van der Waals surface area contributed by atoms with E-state index in [4.69, 9.17) is 5.73 Å². The SMILES string of the molecule is CN(C)CCn1cncc1-c1cnccc1N. The van der Waals surface area contributed by atoms with E-state index in [0.29, 0.717) is 0 Å². The molecule has 0 aromatic carbocycles. The van der Waals surface area contributed by atoms with Gasteiger partial charge in [-0.1, -0.05) is 0 Å². The van der Waals surface area contributed by atoms with Gasteiger partial charge >= 0.3 is 0 Å². The Morgan fingerprint density at radius 1 is 1.29 bits per heavy atom. The lowest BCUT2D eigenvalue weighted by Crippen LogP contribution is -2.18. The van der Waals surface area contributed by atoms with Gasteiger partial charge in [0, 0.05) is 36.7 Å². The molecule has 17 heavy (non-hydrogen) atoms. The topological polar surface area (TPSA) is 60.0 Å². The summed E-state index contributed by atoms with van der Waals surface area (Å²) >= 11 is 0.